The average Bonchev–Trinajstić information content (AvgIpc) is 3.21. The molecule has 1 aromatic carbocycles. The zero-order valence-corrected chi connectivity index (χ0v) is 17.1. The predicted octanol–water partition coefficient (Wildman–Crippen LogP) is 2.54. The van der Waals surface area contributed by atoms with E-state index in [4.69, 9.17) is 5.84 Å². The molecule has 28 heavy (non-hydrogen) atoms. The first-order valence-corrected chi connectivity index (χ1v) is 10.2. The number of hydrogen-bond donors (Lipinski definition) is 2. The molecule has 8 nitrogen and oxygen atoms in total. The normalized spacial score (nSPS) is 12.1. The van der Waals surface area contributed by atoms with Crippen molar-refractivity contribution in [2.75, 3.05) is 11.6 Å². The maximum absolute atomic E-state index is 12.5. The summed E-state index contributed by atoms with van der Waals surface area (Å²) < 4.78 is 3.00. The fourth-order valence-electron chi connectivity index (χ4n) is 3.01. The summed E-state index contributed by atoms with van der Waals surface area (Å²) >= 11 is 1.25. The number of aryl methyl sites for hydroxylation is 2. The Morgan fingerprint density at radius 3 is 2.64 bits per heavy atom. The fraction of sp³-hybridized carbons (Fsp3) is 0.368. The minimum absolute atomic E-state index is 0.000284. The van der Waals surface area contributed by atoms with Gasteiger partial charge in [0, 0.05) is 5.69 Å². The lowest BCUT2D eigenvalue weighted by Gasteiger charge is -2.18. The minimum atomic E-state index is -0.0667. The number of aromatic nitrogens is 5. The number of rotatable bonds is 8. The van der Waals surface area contributed by atoms with E-state index in [9.17, 15) is 4.79 Å². The van der Waals surface area contributed by atoms with E-state index in [1.54, 1.807) is 4.68 Å². The van der Waals surface area contributed by atoms with E-state index in [0.717, 1.165) is 29.8 Å². The third-order valence-corrected chi connectivity index (χ3v) is 5.24. The highest BCUT2D eigenvalue weighted by Gasteiger charge is 2.18. The first-order chi connectivity index (χ1) is 13.5. The van der Waals surface area contributed by atoms with Crippen LogP contribution in [-0.4, -0.2) is 36.3 Å². The van der Waals surface area contributed by atoms with Crippen molar-refractivity contribution >= 4 is 17.7 Å². The zero-order chi connectivity index (χ0) is 20.1. The summed E-state index contributed by atoms with van der Waals surface area (Å²) in [5.41, 5.74) is 2.89. The van der Waals surface area contributed by atoms with Gasteiger partial charge in [0.15, 0.2) is 0 Å². The highest BCUT2D eigenvalue weighted by Crippen LogP contribution is 2.20. The Labute approximate surface area is 168 Å². The Hall–Kier alpha value is -2.81. The number of benzene rings is 1. The molecule has 3 N–H and O–H groups in total. The first-order valence-electron chi connectivity index (χ1n) is 9.20. The molecule has 0 spiro atoms. The Kier molecular flexibility index (Phi) is 6.35. The van der Waals surface area contributed by atoms with Crippen molar-refractivity contribution in [3.8, 4) is 5.95 Å². The topological polar surface area (TPSA) is 104 Å². The van der Waals surface area contributed by atoms with Crippen LogP contribution < -0.4 is 11.2 Å². The van der Waals surface area contributed by atoms with Crippen molar-refractivity contribution in [3.63, 3.8) is 0 Å². The van der Waals surface area contributed by atoms with Gasteiger partial charge in [-0.05, 0) is 31.9 Å². The van der Waals surface area contributed by atoms with Crippen molar-refractivity contribution in [1.29, 1.82) is 0 Å². The summed E-state index contributed by atoms with van der Waals surface area (Å²) in [5.74, 6) is 6.68. The second-order valence-corrected chi connectivity index (χ2v) is 7.54. The molecule has 0 aliphatic heterocycles. The molecule has 0 saturated carbocycles. The summed E-state index contributed by atoms with van der Waals surface area (Å²) in [6, 6.07) is 11.9. The second kappa shape index (κ2) is 8.92. The van der Waals surface area contributed by atoms with Crippen LogP contribution in [0.5, 0.6) is 0 Å². The van der Waals surface area contributed by atoms with E-state index in [2.05, 4.69) is 27.5 Å². The maximum Gasteiger partial charge on any atom is 0.271 e. The largest absolute Gasteiger partial charge is 0.349 e. The number of nitrogens with one attached hydrogen (secondary N) is 1. The summed E-state index contributed by atoms with van der Waals surface area (Å²) in [6.07, 6.45) is 1.87. The number of thioether (sulfide) groups is 1. The molecular formula is C19H25N7OS. The van der Waals surface area contributed by atoms with E-state index < -0.39 is 0 Å². The predicted molar refractivity (Wildman–Crippen MR) is 110 cm³/mol. The molecule has 0 radical (unpaired) electrons. The Bertz CT molecular complexity index is 935. The molecule has 9 heteroatoms. The average molecular weight is 400 g/mol. The van der Waals surface area contributed by atoms with Crippen molar-refractivity contribution in [3.05, 3.63) is 53.3 Å². The molecule has 1 amide bonds. The van der Waals surface area contributed by atoms with E-state index >= 15 is 0 Å². The van der Waals surface area contributed by atoms with E-state index in [0.29, 0.717) is 11.1 Å². The van der Waals surface area contributed by atoms with Gasteiger partial charge >= 0.3 is 0 Å². The molecule has 0 bridgehead atoms. The van der Waals surface area contributed by atoms with E-state index in [1.807, 2.05) is 50.2 Å². The summed E-state index contributed by atoms with van der Waals surface area (Å²) in [7, 11) is 0. The lowest BCUT2D eigenvalue weighted by atomic mass is 10.0. The lowest BCUT2D eigenvalue weighted by Crippen LogP contribution is -2.30. The van der Waals surface area contributed by atoms with Crippen LogP contribution in [-0.2, 0) is 4.79 Å². The second-order valence-electron chi connectivity index (χ2n) is 6.60. The summed E-state index contributed by atoms with van der Waals surface area (Å²) in [6.45, 7) is 5.93. The molecule has 2 heterocycles. The van der Waals surface area contributed by atoms with Gasteiger partial charge in [0.1, 0.15) is 0 Å². The van der Waals surface area contributed by atoms with Crippen LogP contribution in [0, 0.1) is 13.8 Å². The van der Waals surface area contributed by atoms with Crippen LogP contribution in [0.2, 0.25) is 0 Å². The van der Waals surface area contributed by atoms with Crippen LogP contribution in [0.1, 0.15) is 42.8 Å². The van der Waals surface area contributed by atoms with Gasteiger partial charge in [-0.1, -0.05) is 55.4 Å². The Balaban J connectivity index is 1.64. The van der Waals surface area contributed by atoms with Crippen LogP contribution in [0.3, 0.4) is 0 Å². The molecule has 1 atom stereocenters. The van der Waals surface area contributed by atoms with Crippen LogP contribution in [0.4, 0.5) is 0 Å². The summed E-state index contributed by atoms with van der Waals surface area (Å²) in [4.78, 5) is 12.5. The molecule has 3 rings (SSSR count). The number of carbonyl (C=O) groups excluding carboxylic acids is 1. The van der Waals surface area contributed by atoms with Crippen molar-refractivity contribution in [2.45, 2.75) is 44.8 Å². The monoisotopic (exact) mass is 399 g/mol. The Morgan fingerprint density at radius 1 is 1.25 bits per heavy atom. The highest BCUT2D eigenvalue weighted by atomic mass is 32.2. The molecule has 1 unspecified atom stereocenters. The molecule has 2 aromatic heterocycles. The van der Waals surface area contributed by atoms with Gasteiger partial charge in [-0.2, -0.15) is 5.10 Å². The fourth-order valence-corrected chi connectivity index (χ4v) is 3.67. The van der Waals surface area contributed by atoms with Crippen molar-refractivity contribution in [1.82, 2.24) is 30.0 Å². The van der Waals surface area contributed by atoms with Crippen molar-refractivity contribution in [2.24, 2.45) is 0 Å². The molecule has 148 valence electrons. The molecule has 0 aliphatic carbocycles. The minimum Gasteiger partial charge on any atom is -0.349 e. The van der Waals surface area contributed by atoms with Crippen molar-refractivity contribution < 1.29 is 4.79 Å². The number of nitrogens with two attached hydrogens (primary N) is 1. The van der Waals surface area contributed by atoms with Crippen LogP contribution in [0.15, 0.2) is 41.6 Å². The van der Waals surface area contributed by atoms with Gasteiger partial charge in [-0.15, -0.1) is 10.2 Å². The third-order valence-electron chi connectivity index (χ3n) is 4.29. The van der Waals surface area contributed by atoms with Gasteiger partial charge in [-0.3, -0.25) is 4.79 Å². The number of hydrogen-bond acceptors (Lipinski definition) is 6. The molecular weight excluding hydrogens is 374 g/mol. The Morgan fingerprint density at radius 2 is 2.00 bits per heavy atom. The highest BCUT2D eigenvalue weighted by molar-refractivity contribution is 7.99. The van der Waals surface area contributed by atoms with Gasteiger partial charge in [0.05, 0.1) is 17.5 Å². The first kappa shape index (κ1) is 19.9. The van der Waals surface area contributed by atoms with Gasteiger partial charge < -0.3 is 11.2 Å². The quantitative estimate of drug-likeness (QED) is 0.446. The maximum atomic E-state index is 12.5. The molecule has 3 aromatic rings. The lowest BCUT2D eigenvalue weighted by molar-refractivity contribution is -0.119. The standard InChI is InChI=1S/C19H25N7OS/c1-4-8-16(15-9-6-5-7-10-15)21-17(27)12-28-19-23-22-18(25(19)20)26-14(3)11-13(2)24-26/h5-7,9-11,16H,4,8,12,20H2,1-3H3,(H,21,27). The van der Waals surface area contributed by atoms with Gasteiger partial charge in [-0.25, -0.2) is 9.36 Å². The number of carbonyl (C=O) groups is 1. The smallest absolute Gasteiger partial charge is 0.271 e. The third kappa shape index (κ3) is 4.53. The number of nitrogens with zero attached hydrogens (tertiary/aromatic N) is 5. The summed E-state index contributed by atoms with van der Waals surface area (Å²) in [5, 5.41) is 16.1. The zero-order valence-electron chi connectivity index (χ0n) is 16.3. The van der Waals surface area contributed by atoms with Gasteiger partial charge in [0.2, 0.25) is 11.1 Å². The van der Waals surface area contributed by atoms with Crippen LogP contribution in [0.25, 0.3) is 5.95 Å². The number of nitrogen functional groups attached to an aromatic ring is 1. The van der Waals surface area contributed by atoms with Crippen LogP contribution >= 0.6 is 11.8 Å². The van der Waals surface area contributed by atoms with Gasteiger partial charge in [0.25, 0.3) is 5.95 Å². The van der Waals surface area contributed by atoms with E-state index in [-0.39, 0.29) is 17.7 Å². The molecule has 0 fully saturated rings. The van der Waals surface area contributed by atoms with E-state index in [1.165, 1.54) is 16.4 Å². The number of amides is 1. The molecule has 0 saturated heterocycles. The molecule has 0 aliphatic rings. The SMILES string of the molecule is CCCC(NC(=O)CSc1nnc(-n2nc(C)cc2C)n1N)c1ccccc1.